The predicted octanol–water partition coefficient (Wildman–Crippen LogP) is 14.7. The number of anilines is 3. The fourth-order valence-corrected chi connectivity index (χ4v) is 12.6. The maximum absolute atomic E-state index is 2.55. The zero-order valence-corrected chi connectivity index (χ0v) is 32.1. The van der Waals surface area contributed by atoms with Gasteiger partial charge in [-0.3, -0.25) is 0 Å². The van der Waals surface area contributed by atoms with Gasteiger partial charge in [0.05, 0.1) is 16.8 Å². The van der Waals surface area contributed by atoms with Crippen LogP contribution in [0.1, 0.15) is 47.2 Å². The van der Waals surface area contributed by atoms with Gasteiger partial charge in [0.1, 0.15) is 0 Å². The Hall–Kier alpha value is -5.87. The van der Waals surface area contributed by atoms with Crippen molar-refractivity contribution in [2.75, 3.05) is 4.90 Å². The number of fused-ring (bicyclic) bond motifs is 15. The molecule has 1 nitrogen and oxygen atoms in total. The smallest absolute Gasteiger partial charge is 0.0735 e. The van der Waals surface area contributed by atoms with Crippen molar-refractivity contribution in [3.63, 3.8) is 0 Å². The van der Waals surface area contributed by atoms with Crippen LogP contribution in [0.5, 0.6) is 0 Å². The van der Waals surface area contributed by atoms with Crippen LogP contribution in [0.15, 0.2) is 186 Å². The minimum atomic E-state index is -0.390. The Labute approximate surface area is 329 Å². The van der Waals surface area contributed by atoms with Crippen LogP contribution in [-0.4, -0.2) is 0 Å². The van der Waals surface area contributed by atoms with Crippen molar-refractivity contribution in [2.45, 2.75) is 34.5 Å². The van der Waals surface area contributed by atoms with Gasteiger partial charge in [-0.2, -0.15) is 0 Å². The molecule has 0 bridgehead atoms. The third-order valence-electron chi connectivity index (χ3n) is 12.5. The molecule has 0 radical (unpaired) electrons. The van der Waals surface area contributed by atoms with Crippen LogP contribution >= 0.6 is 23.1 Å². The Kier molecular flexibility index (Phi) is 6.49. The molecule has 3 aliphatic rings. The van der Waals surface area contributed by atoms with E-state index in [1.807, 2.05) is 23.1 Å². The molecule has 0 amide bonds. The van der Waals surface area contributed by atoms with Crippen molar-refractivity contribution in [1.82, 2.24) is 0 Å². The molecule has 0 atom stereocenters. The van der Waals surface area contributed by atoms with Gasteiger partial charge in [-0.15, -0.1) is 11.3 Å². The number of hydrogen-bond donors (Lipinski definition) is 0. The molecule has 12 rings (SSSR count). The fourth-order valence-electron chi connectivity index (χ4n) is 10.2. The van der Waals surface area contributed by atoms with Gasteiger partial charge in [0.25, 0.3) is 0 Å². The maximum Gasteiger partial charge on any atom is 0.0735 e. The van der Waals surface area contributed by atoms with Crippen molar-refractivity contribution in [3.8, 4) is 22.3 Å². The molecular formula is C52H35NS2. The van der Waals surface area contributed by atoms with E-state index in [9.17, 15) is 0 Å². The number of thiophene rings is 1. The molecule has 9 aromatic rings. The summed E-state index contributed by atoms with van der Waals surface area (Å²) in [5.74, 6) is 0. The molecule has 55 heavy (non-hydrogen) atoms. The second-order valence-electron chi connectivity index (χ2n) is 15.6. The second kappa shape index (κ2) is 11.3. The lowest BCUT2D eigenvalue weighted by molar-refractivity contribution is 0.660. The number of para-hydroxylation sites is 1. The van der Waals surface area contributed by atoms with Gasteiger partial charge in [0, 0.05) is 46.6 Å². The van der Waals surface area contributed by atoms with E-state index in [0.717, 1.165) is 5.69 Å². The van der Waals surface area contributed by atoms with E-state index in [2.05, 4.69) is 195 Å². The number of hydrogen-bond acceptors (Lipinski definition) is 3. The summed E-state index contributed by atoms with van der Waals surface area (Å²) in [6.07, 6.45) is 0. The van der Waals surface area contributed by atoms with Gasteiger partial charge in [-0.25, -0.2) is 0 Å². The Bertz CT molecular complexity index is 3010. The summed E-state index contributed by atoms with van der Waals surface area (Å²) in [5, 5.41) is 2.61. The third kappa shape index (κ3) is 4.10. The first-order valence-electron chi connectivity index (χ1n) is 19.1. The predicted molar refractivity (Wildman–Crippen MR) is 233 cm³/mol. The fraction of sp³-hybridized carbons (Fsp3) is 0.0769. The molecule has 0 unspecified atom stereocenters. The molecular weight excluding hydrogens is 703 g/mol. The molecule has 1 aliphatic heterocycles. The molecule has 2 aliphatic carbocycles. The van der Waals surface area contributed by atoms with E-state index >= 15 is 0 Å². The topological polar surface area (TPSA) is 3.24 Å². The summed E-state index contributed by atoms with van der Waals surface area (Å²) < 4.78 is 2.62. The summed E-state index contributed by atoms with van der Waals surface area (Å²) in [7, 11) is 0. The molecule has 1 spiro atoms. The van der Waals surface area contributed by atoms with Crippen LogP contribution in [0, 0.1) is 0 Å². The van der Waals surface area contributed by atoms with Crippen LogP contribution in [-0.2, 0) is 10.8 Å². The molecule has 260 valence electrons. The van der Waals surface area contributed by atoms with Crippen LogP contribution < -0.4 is 4.90 Å². The highest BCUT2D eigenvalue weighted by Crippen LogP contribution is 2.63. The molecule has 8 aromatic carbocycles. The number of nitrogens with zero attached hydrogens (tertiary/aromatic N) is 1. The molecule has 0 saturated heterocycles. The minimum Gasteiger partial charge on any atom is -0.309 e. The van der Waals surface area contributed by atoms with E-state index in [4.69, 9.17) is 0 Å². The summed E-state index contributed by atoms with van der Waals surface area (Å²) >= 11 is 3.82. The van der Waals surface area contributed by atoms with E-state index in [1.54, 1.807) is 0 Å². The van der Waals surface area contributed by atoms with Crippen molar-refractivity contribution in [2.24, 2.45) is 0 Å². The van der Waals surface area contributed by atoms with Crippen LogP contribution in [0.25, 0.3) is 42.4 Å². The van der Waals surface area contributed by atoms with Crippen LogP contribution in [0.2, 0.25) is 0 Å². The van der Waals surface area contributed by atoms with Crippen molar-refractivity contribution in [3.05, 3.63) is 209 Å². The Morgan fingerprint density at radius 2 is 1.04 bits per heavy atom. The lowest BCUT2D eigenvalue weighted by Crippen LogP contribution is -2.31. The zero-order valence-electron chi connectivity index (χ0n) is 30.5. The molecule has 3 heteroatoms. The second-order valence-corrected chi connectivity index (χ2v) is 17.7. The van der Waals surface area contributed by atoms with Crippen molar-refractivity contribution in [1.29, 1.82) is 0 Å². The van der Waals surface area contributed by atoms with Gasteiger partial charge in [0.15, 0.2) is 0 Å². The van der Waals surface area contributed by atoms with E-state index in [1.165, 1.54) is 97.0 Å². The molecule has 2 heterocycles. The van der Waals surface area contributed by atoms with Gasteiger partial charge in [0.2, 0.25) is 0 Å². The van der Waals surface area contributed by atoms with Crippen molar-refractivity contribution >= 4 is 60.3 Å². The average molecular weight is 738 g/mol. The average Bonchev–Trinajstić information content (AvgIpc) is 3.82. The lowest BCUT2D eigenvalue weighted by atomic mass is 9.67. The molecule has 0 fully saturated rings. The molecule has 1 aromatic heterocycles. The SMILES string of the molecule is CC1(C)c2ccccc2-c2c(N(c3ccccc3)c3cccc4sc5cc6c(cc5c34)-c3ccccc3C63c4ccccc4Sc4ccccc43)cccc21. The Morgan fingerprint density at radius 3 is 1.80 bits per heavy atom. The Morgan fingerprint density at radius 1 is 0.436 bits per heavy atom. The standard InChI is InChI=1S/C52H35NS2/c1-51(2)37-20-8-7-19-34(37)49-41(51)24-14-25-43(49)53(32-16-4-3-5-17-32)44-26-15-29-47-50(44)36-30-35-33-18-6-9-21-38(33)52(42(35)31-48(36)55-47)39-22-10-12-27-45(39)54-46-28-13-11-23-40(46)52/h3-31H,1-2H3. The zero-order chi connectivity index (χ0) is 36.5. The highest BCUT2D eigenvalue weighted by Gasteiger charge is 2.50. The van der Waals surface area contributed by atoms with E-state index in [-0.39, 0.29) is 5.41 Å². The van der Waals surface area contributed by atoms with E-state index in [0.29, 0.717) is 0 Å². The van der Waals surface area contributed by atoms with Gasteiger partial charge < -0.3 is 4.90 Å². The summed E-state index contributed by atoms with van der Waals surface area (Å²) in [5.41, 5.74) is 16.7. The highest BCUT2D eigenvalue weighted by atomic mass is 32.2. The van der Waals surface area contributed by atoms with Crippen molar-refractivity contribution < 1.29 is 0 Å². The number of rotatable bonds is 3. The minimum absolute atomic E-state index is 0.0931. The largest absolute Gasteiger partial charge is 0.309 e. The number of benzene rings is 8. The maximum atomic E-state index is 2.55. The van der Waals surface area contributed by atoms with Crippen LogP contribution in [0.4, 0.5) is 17.1 Å². The first-order chi connectivity index (χ1) is 27.0. The van der Waals surface area contributed by atoms with Crippen LogP contribution in [0.3, 0.4) is 0 Å². The summed E-state index contributed by atoms with van der Waals surface area (Å²) in [6.45, 7) is 4.74. The normalized spacial score (nSPS) is 14.9. The molecule has 0 saturated carbocycles. The third-order valence-corrected chi connectivity index (χ3v) is 14.8. The quantitative estimate of drug-likeness (QED) is 0.178. The Balaban J connectivity index is 1.16. The van der Waals surface area contributed by atoms with E-state index < -0.39 is 5.41 Å². The summed E-state index contributed by atoms with van der Waals surface area (Å²) in [4.78, 5) is 5.20. The summed E-state index contributed by atoms with van der Waals surface area (Å²) in [6, 6.07) is 66.2. The monoisotopic (exact) mass is 737 g/mol. The first kappa shape index (κ1) is 31.5. The first-order valence-corrected chi connectivity index (χ1v) is 20.7. The van der Waals surface area contributed by atoms with Gasteiger partial charge >= 0.3 is 0 Å². The van der Waals surface area contributed by atoms with Gasteiger partial charge in [-0.05, 0) is 105 Å². The lowest BCUT2D eigenvalue weighted by Gasteiger charge is -2.39. The van der Waals surface area contributed by atoms with Gasteiger partial charge in [-0.1, -0.05) is 147 Å². The highest BCUT2D eigenvalue weighted by molar-refractivity contribution is 7.99. The molecule has 0 N–H and O–H groups in total.